The first-order chi connectivity index (χ1) is 4.41. The maximum atomic E-state index is 9.75. The van der Waals surface area contributed by atoms with Crippen LogP contribution in [0, 0.1) is 0 Å². The molecule has 2 N–H and O–H groups in total. The molecule has 0 bridgehead atoms. The lowest BCUT2D eigenvalue weighted by atomic mass is 10.3. The fourth-order valence-corrected chi connectivity index (χ4v) is 0.167. The Balaban J connectivity index is 0. The quantitative estimate of drug-likeness (QED) is 0.346. The minimum absolute atomic E-state index is 1.03. The van der Waals surface area contributed by atoms with Crippen molar-refractivity contribution >= 4 is 7.25 Å². The van der Waals surface area contributed by atoms with Crippen molar-refractivity contribution in [2.75, 3.05) is 13.6 Å². The molecule has 0 atom stereocenters. The van der Waals surface area contributed by atoms with Crippen LogP contribution in [0.15, 0.2) is 12.7 Å². The van der Waals surface area contributed by atoms with Gasteiger partial charge < -0.3 is 22.6 Å². The van der Waals surface area contributed by atoms with Crippen molar-refractivity contribution in [1.29, 1.82) is 0 Å². The third kappa shape index (κ3) is 143. The van der Waals surface area contributed by atoms with Crippen molar-refractivity contribution in [3.8, 4) is 0 Å². The highest BCUT2D eigenvalue weighted by Crippen LogP contribution is 2.06. The predicted molar refractivity (Wildman–Crippen MR) is 33.1 cm³/mol. The van der Waals surface area contributed by atoms with Crippen molar-refractivity contribution in [2.45, 2.75) is 0 Å². The Labute approximate surface area is 57.2 Å². The Morgan fingerprint density at radius 1 is 1.40 bits per heavy atom. The molecule has 0 amide bonds. The Bertz CT molecular complexity index is 75.8. The topological polar surface area (TPSA) is 16.6 Å². The molecule has 0 radical (unpaired) electrons. The molecule has 0 aliphatic carbocycles. The predicted octanol–water partition coefficient (Wildman–Crippen LogP) is 0.666. The van der Waals surface area contributed by atoms with Crippen LogP contribution < -0.4 is 5.32 Å². The van der Waals surface area contributed by atoms with Crippen LogP contribution in [-0.4, -0.2) is 20.8 Å². The van der Waals surface area contributed by atoms with Gasteiger partial charge in [-0.25, -0.2) is 0 Å². The average molecular weight is 159 g/mol. The van der Waals surface area contributed by atoms with Gasteiger partial charge in [-0.15, -0.1) is 0 Å². The SMILES string of the molecule is C=CC[NH2+]C.F[B-](F)(F)F. The number of hydrogen-bond donors (Lipinski definition) is 1. The van der Waals surface area contributed by atoms with E-state index in [-0.39, 0.29) is 0 Å². The summed E-state index contributed by atoms with van der Waals surface area (Å²) in [6.07, 6.45) is 1.88. The third-order valence-electron chi connectivity index (χ3n) is 0.402. The van der Waals surface area contributed by atoms with Gasteiger partial charge in [-0.3, -0.25) is 0 Å². The van der Waals surface area contributed by atoms with E-state index in [2.05, 4.69) is 11.9 Å². The first kappa shape index (κ1) is 12.2. The van der Waals surface area contributed by atoms with Gasteiger partial charge in [0.05, 0.1) is 13.6 Å². The van der Waals surface area contributed by atoms with E-state index in [1.807, 2.05) is 13.1 Å². The molecule has 0 rings (SSSR count). The monoisotopic (exact) mass is 159 g/mol. The van der Waals surface area contributed by atoms with Crippen LogP contribution in [0.4, 0.5) is 17.3 Å². The summed E-state index contributed by atoms with van der Waals surface area (Å²) in [5.74, 6) is 0. The van der Waals surface area contributed by atoms with Gasteiger partial charge in [0, 0.05) is 0 Å². The summed E-state index contributed by atoms with van der Waals surface area (Å²) in [6.45, 7) is 4.55. The molecular formula is C4H10BF4N. The zero-order chi connectivity index (χ0) is 8.62. The molecule has 0 aromatic carbocycles. The highest BCUT2D eigenvalue weighted by Gasteiger charge is 2.20. The molecule has 0 unspecified atom stereocenters. The zero-order valence-corrected chi connectivity index (χ0v) is 5.66. The Morgan fingerprint density at radius 3 is 1.70 bits per heavy atom. The van der Waals surface area contributed by atoms with E-state index >= 15 is 0 Å². The molecule has 0 heterocycles. The van der Waals surface area contributed by atoms with Gasteiger partial charge in [0.25, 0.3) is 0 Å². The van der Waals surface area contributed by atoms with E-state index in [1.165, 1.54) is 0 Å². The lowest BCUT2D eigenvalue weighted by Crippen LogP contribution is -2.79. The van der Waals surface area contributed by atoms with Gasteiger partial charge in [0.2, 0.25) is 0 Å². The number of rotatable bonds is 2. The maximum absolute atomic E-state index is 9.75. The summed E-state index contributed by atoms with van der Waals surface area (Å²) in [5, 5.41) is 2.06. The van der Waals surface area contributed by atoms with Crippen LogP contribution in [0.3, 0.4) is 0 Å². The molecule has 1 nitrogen and oxygen atoms in total. The summed E-state index contributed by atoms with van der Waals surface area (Å²) in [4.78, 5) is 0. The Morgan fingerprint density at radius 2 is 1.70 bits per heavy atom. The third-order valence-corrected chi connectivity index (χ3v) is 0.402. The van der Waals surface area contributed by atoms with Crippen molar-refractivity contribution in [3.05, 3.63) is 12.7 Å². The molecule has 0 aromatic rings. The number of nitrogens with two attached hydrogens (primary N) is 1. The van der Waals surface area contributed by atoms with Crippen LogP contribution in [0.5, 0.6) is 0 Å². The molecular weight excluding hydrogens is 149 g/mol. The van der Waals surface area contributed by atoms with Crippen LogP contribution in [-0.2, 0) is 0 Å². The summed E-state index contributed by atoms with van der Waals surface area (Å²) in [7, 11) is -3.98. The van der Waals surface area contributed by atoms with Gasteiger partial charge in [0.15, 0.2) is 0 Å². The molecule has 10 heavy (non-hydrogen) atoms. The molecule has 0 aliphatic rings. The molecule has 0 saturated carbocycles. The minimum Gasteiger partial charge on any atom is -0.418 e. The normalized spacial score (nSPS) is 9.70. The number of quaternary nitrogens is 1. The number of likely N-dealkylation sites (N-methyl/N-ethyl adjacent to an activating group) is 1. The smallest absolute Gasteiger partial charge is 0.418 e. The van der Waals surface area contributed by atoms with E-state index in [0.29, 0.717) is 0 Å². The largest absolute Gasteiger partial charge is 0.673 e. The highest BCUT2D eigenvalue weighted by atomic mass is 19.5. The zero-order valence-electron chi connectivity index (χ0n) is 5.66. The van der Waals surface area contributed by atoms with Gasteiger partial charge in [-0.2, -0.15) is 0 Å². The summed E-state index contributed by atoms with van der Waals surface area (Å²) < 4.78 is 39.0. The van der Waals surface area contributed by atoms with Gasteiger partial charge in [0.1, 0.15) is 0 Å². The first-order valence-corrected chi connectivity index (χ1v) is 2.67. The summed E-state index contributed by atoms with van der Waals surface area (Å²) in [5.41, 5.74) is 0. The van der Waals surface area contributed by atoms with Gasteiger partial charge in [-0.05, 0) is 6.08 Å². The summed E-state index contributed by atoms with van der Waals surface area (Å²) in [6, 6.07) is 0. The maximum Gasteiger partial charge on any atom is 0.673 e. The molecule has 0 aliphatic heterocycles. The van der Waals surface area contributed by atoms with Crippen molar-refractivity contribution < 1.29 is 22.6 Å². The second-order valence-electron chi connectivity index (χ2n) is 1.43. The van der Waals surface area contributed by atoms with Crippen LogP contribution >= 0.6 is 0 Å². The van der Waals surface area contributed by atoms with E-state index in [0.717, 1.165) is 6.54 Å². The number of halogens is 4. The average Bonchev–Trinajstić information content (AvgIpc) is 1.63. The van der Waals surface area contributed by atoms with Crippen molar-refractivity contribution in [2.24, 2.45) is 0 Å². The molecule has 0 fully saturated rings. The van der Waals surface area contributed by atoms with Crippen LogP contribution in [0.25, 0.3) is 0 Å². The van der Waals surface area contributed by atoms with E-state index in [4.69, 9.17) is 0 Å². The fourth-order valence-electron chi connectivity index (χ4n) is 0.167. The first-order valence-electron chi connectivity index (χ1n) is 2.67. The lowest BCUT2D eigenvalue weighted by molar-refractivity contribution is -0.617. The fraction of sp³-hybridized carbons (Fsp3) is 0.500. The second-order valence-corrected chi connectivity index (χ2v) is 1.43. The van der Waals surface area contributed by atoms with E-state index in [1.54, 1.807) is 0 Å². The minimum atomic E-state index is -6.00. The highest BCUT2D eigenvalue weighted by molar-refractivity contribution is 6.50. The molecule has 62 valence electrons. The number of hydrogen-bond acceptors (Lipinski definition) is 0. The second kappa shape index (κ2) is 6.60. The van der Waals surface area contributed by atoms with Crippen molar-refractivity contribution in [1.82, 2.24) is 0 Å². The lowest BCUT2D eigenvalue weighted by Gasteiger charge is -1.94. The van der Waals surface area contributed by atoms with Crippen molar-refractivity contribution in [3.63, 3.8) is 0 Å². The molecule has 0 spiro atoms. The Kier molecular flexibility index (Phi) is 8.05. The Hall–Kier alpha value is -0.515. The molecule has 0 saturated heterocycles. The van der Waals surface area contributed by atoms with Gasteiger partial charge in [-0.1, -0.05) is 6.58 Å². The van der Waals surface area contributed by atoms with Crippen LogP contribution in [0.1, 0.15) is 0 Å². The van der Waals surface area contributed by atoms with Crippen LogP contribution in [0.2, 0.25) is 0 Å². The van der Waals surface area contributed by atoms with E-state index < -0.39 is 7.25 Å². The summed E-state index contributed by atoms with van der Waals surface area (Å²) >= 11 is 0. The standard InChI is InChI=1S/C4H9N.BF4/c1-3-4-5-2;2-1(3,4)5/h3,5H,1,4H2,2H3;/q;-1/p+1. The molecule has 0 aromatic heterocycles. The van der Waals surface area contributed by atoms with E-state index in [9.17, 15) is 17.3 Å². The van der Waals surface area contributed by atoms with Gasteiger partial charge >= 0.3 is 7.25 Å². The molecule has 6 heteroatoms.